The number of benzene rings is 2. The lowest BCUT2D eigenvalue weighted by molar-refractivity contribution is 0.609. The van der Waals surface area contributed by atoms with E-state index in [0.717, 1.165) is 11.1 Å². The lowest BCUT2D eigenvalue weighted by Gasteiger charge is -2.07. The molecule has 0 fully saturated rings. The molecule has 0 aromatic heterocycles. The summed E-state index contributed by atoms with van der Waals surface area (Å²) in [5.74, 6) is -0.527. The van der Waals surface area contributed by atoms with Crippen LogP contribution in [0.1, 0.15) is 11.1 Å². The molecule has 2 aromatic carbocycles. The van der Waals surface area contributed by atoms with E-state index in [0.29, 0.717) is 17.6 Å². The summed E-state index contributed by atoms with van der Waals surface area (Å²) in [6.07, 6.45) is 0. The van der Waals surface area contributed by atoms with Crippen molar-refractivity contribution in [2.24, 2.45) is 0 Å². The first-order valence-corrected chi connectivity index (χ1v) is 6.34. The van der Waals surface area contributed by atoms with Crippen molar-refractivity contribution < 1.29 is 8.78 Å². The van der Waals surface area contributed by atoms with Crippen LogP contribution in [-0.2, 0) is 13.1 Å². The highest BCUT2D eigenvalue weighted by Gasteiger charge is 2.04. The van der Waals surface area contributed by atoms with Gasteiger partial charge in [0.25, 0.3) is 0 Å². The molecule has 0 amide bonds. The highest BCUT2D eigenvalue weighted by molar-refractivity contribution is 9.10. The highest BCUT2D eigenvalue weighted by Crippen LogP contribution is 2.20. The maximum atomic E-state index is 13.3. The highest BCUT2D eigenvalue weighted by atomic mass is 79.9. The van der Waals surface area contributed by atoms with Gasteiger partial charge >= 0.3 is 0 Å². The van der Waals surface area contributed by atoms with Crippen LogP contribution in [0.2, 0.25) is 0 Å². The number of halogens is 3. The van der Waals surface area contributed by atoms with Gasteiger partial charge < -0.3 is 5.32 Å². The smallest absolute Gasteiger partial charge is 0.137 e. The summed E-state index contributed by atoms with van der Waals surface area (Å²) in [6.45, 7) is 1.07. The molecule has 0 aliphatic carbocycles. The quantitative estimate of drug-likeness (QED) is 0.899. The molecule has 94 valence electrons. The summed E-state index contributed by atoms with van der Waals surface area (Å²) in [4.78, 5) is 0. The fraction of sp³-hybridized carbons (Fsp3) is 0.143. The number of hydrogen-bond acceptors (Lipinski definition) is 1. The topological polar surface area (TPSA) is 12.0 Å². The third-order valence-electron chi connectivity index (χ3n) is 2.57. The van der Waals surface area contributed by atoms with E-state index in [-0.39, 0.29) is 11.6 Å². The van der Waals surface area contributed by atoms with E-state index in [4.69, 9.17) is 0 Å². The molecule has 0 saturated heterocycles. The van der Waals surface area contributed by atoms with Gasteiger partial charge in [0.15, 0.2) is 0 Å². The molecular weight excluding hydrogens is 300 g/mol. The molecule has 1 N–H and O–H groups in total. The molecule has 0 atom stereocenters. The van der Waals surface area contributed by atoms with Crippen molar-refractivity contribution >= 4 is 15.9 Å². The Morgan fingerprint density at radius 2 is 1.78 bits per heavy atom. The summed E-state index contributed by atoms with van der Waals surface area (Å²) in [5.41, 5.74) is 1.70. The average Bonchev–Trinajstić information content (AvgIpc) is 2.35. The Morgan fingerprint density at radius 3 is 2.56 bits per heavy atom. The van der Waals surface area contributed by atoms with Gasteiger partial charge in [-0.2, -0.15) is 0 Å². The van der Waals surface area contributed by atoms with Crippen LogP contribution in [0.5, 0.6) is 0 Å². The maximum absolute atomic E-state index is 13.3. The Labute approximate surface area is 113 Å². The largest absolute Gasteiger partial charge is 0.309 e. The number of rotatable bonds is 4. The Hall–Kier alpha value is -1.26. The Kier molecular flexibility index (Phi) is 4.44. The third-order valence-corrected chi connectivity index (χ3v) is 3.45. The van der Waals surface area contributed by atoms with Crippen LogP contribution in [0.15, 0.2) is 46.9 Å². The summed E-state index contributed by atoms with van der Waals surface area (Å²) < 4.78 is 26.7. The van der Waals surface area contributed by atoms with Gasteiger partial charge in [0.05, 0.1) is 4.47 Å². The predicted octanol–water partition coefficient (Wildman–Crippen LogP) is 4.02. The van der Waals surface area contributed by atoms with E-state index in [1.54, 1.807) is 12.1 Å². The SMILES string of the molecule is Fc1cccc(CNCc2cccc(F)c2Br)c1. The average molecular weight is 312 g/mol. The molecule has 0 unspecified atom stereocenters. The summed E-state index contributed by atoms with van der Waals surface area (Å²) in [6, 6.07) is 11.3. The molecule has 0 aliphatic heterocycles. The zero-order valence-corrected chi connectivity index (χ0v) is 11.2. The molecule has 18 heavy (non-hydrogen) atoms. The van der Waals surface area contributed by atoms with Crippen LogP contribution < -0.4 is 5.32 Å². The van der Waals surface area contributed by atoms with Crippen LogP contribution in [0, 0.1) is 11.6 Å². The van der Waals surface area contributed by atoms with E-state index < -0.39 is 0 Å². The van der Waals surface area contributed by atoms with Crippen LogP contribution in [0.3, 0.4) is 0 Å². The fourth-order valence-electron chi connectivity index (χ4n) is 1.67. The third kappa shape index (κ3) is 3.37. The predicted molar refractivity (Wildman–Crippen MR) is 71.0 cm³/mol. The lowest BCUT2D eigenvalue weighted by atomic mass is 10.2. The van der Waals surface area contributed by atoms with E-state index in [9.17, 15) is 8.78 Å². The zero-order chi connectivity index (χ0) is 13.0. The maximum Gasteiger partial charge on any atom is 0.137 e. The molecule has 2 rings (SSSR count). The van der Waals surface area contributed by atoms with E-state index in [2.05, 4.69) is 21.2 Å². The Balaban J connectivity index is 1.94. The van der Waals surface area contributed by atoms with Gasteiger partial charge in [-0.1, -0.05) is 24.3 Å². The van der Waals surface area contributed by atoms with Crippen molar-refractivity contribution in [3.63, 3.8) is 0 Å². The van der Waals surface area contributed by atoms with Crippen LogP contribution in [0.4, 0.5) is 8.78 Å². The standard InChI is InChI=1S/C14H12BrF2N/c15-14-11(4-2-6-13(14)17)9-18-8-10-3-1-5-12(16)7-10/h1-7,18H,8-9H2. The minimum Gasteiger partial charge on any atom is -0.309 e. The number of hydrogen-bond donors (Lipinski definition) is 1. The normalized spacial score (nSPS) is 10.6. The van der Waals surface area contributed by atoms with Crippen molar-refractivity contribution in [3.05, 3.63) is 69.7 Å². The van der Waals surface area contributed by atoms with Crippen molar-refractivity contribution in [2.75, 3.05) is 0 Å². The van der Waals surface area contributed by atoms with Gasteiger partial charge in [0, 0.05) is 13.1 Å². The fourth-order valence-corrected chi connectivity index (χ4v) is 2.08. The van der Waals surface area contributed by atoms with Crippen molar-refractivity contribution in [2.45, 2.75) is 13.1 Å². The van der Waals surface area contributed by atoms with Gasteiger partial charge in [-0.05, 0) is 45.3 Å². The van der Waals surface area contributed by atoms with Gasteiger partial charge in [-0.15, -0.1) is 0 Å². The molecule has 0 radical (unpaired) electrons. The molecular formula is C14H12BrF2N. The van der Waals surface area contributed by atoms with Crippen molar-refractivity contribution in [1.82, 2.24) is 5.32 Å². The van der Waals surface area contributed by atoms with E-state index in [1.807, 2.05) is 12.1 Å². The molecule has 0 spiro atoms. The minimum atomic E-state index is -0.278. The first-order chi connectivity index (χ1) is 8.66. The molecule has 1 nitrogen and oxygen atoms in total. The molecule has 4 heteroatoms. The van der Waals surface area contributed by atoms with Crippen molar-refractivity contribution in [3.8, 4) is 0 Å². The van der Waals surface area contributed by atoms with Crippen LogP contribution in [0.25, 0.3) is 0 Å². The Morgan fingerprint density at radius 1 is 1.00 bits per heavy atom. The first-order valence-electron chi connectivity index (χ1n) is 5.55. The van der Waals surface area contributed by atoms with Gasteiger partial charge in [0.2, 0.25) is 0 Å². The first kappa shape index (κ1) is 13.2. The zero-order valence-electron chi connectivity index (χ0n) is 9.59. The van der Waals surface area contributed by atoms with E-state index in [1.165, 1.54) is 18.2 Å². The summed E-state index contributed by atoms with van der Waals surface area (Å²) in [7, 11) is 0. The van der Waals surface area contributed by atoms with Gasteiger partial charge in [-0.25, -0.2) is 8.78 Å². The summed E-state index contributed by atoms with van der Waals surface area (Å²) in [5, 5.41) is 3.15. The number of nitrogens with one attached hydrogen (secondary N) is 1. The molecule has 0 heterocycles. The van der Waals surface area contributed by atoms with Crippen LogP contribution >= 0.6 is 15.9 Å². The second-order valence-electron chi connectivity index (χ2n) is 3.95. The second-order valence-corrected chi connectivity index (χ2v) is 4.74. The van der Waals surface area contributed by atoms with Gasteiger partial charge in [0.1, 0.15) is 11.6 Å². The molecule has 0 aliphatic rings. The van der Waals surface area contributed by atoms with E-state index >= 15 is 0 Å². The molecule has 0 bridgehead atoms. The second kappa shape index (κ2) is 6.07. The van der Waals surface area contributed by atoms with Gasteiger partial charge in [-0.3, -0.25) is 0 Å². The monoisotopic (exact) mass is 311 g/mol. The molecule has 0 saturated carbocycles. The van der Waals surface area contributed by atoms with Crippen molar-refractivity contribution in [1.29, 1.82) is 0 Å². The van der Waals surface area contributed by atoms with Crippen LogP contribution in [-0.4, -0.2) is 0 Å². The Bertz CT molecular complexity index is 543. The lowest BCUT2D eigenvalue weighted by Crippen LogP contribution is -2.13. The molecule has 2 aromatic rings. The minimum absolute atomic E-state index is 0.249. The summed E-state index contributed by atoms with van der Waals surface area (Å²) >= 11 is 3.20.